The first-order valence-corrected chi connectivity index (χ1v) is 9.11. The molecule has 0 radical (unpaired) electrons. The number of hydrogen-bond acceptors (Lipinski definition) is 4. The molecule has 1 unspecified atom stereocenters. The van der Waals surface area contributed by atoms with Crippen molar-refractivity contribution >= 4 is 5.57 Å². The minimum Gasteiger partial charge on any atom is -0.497 e. The van der Waals surface area contributed by atoms with Gasteiger partial charge in [0, 0.05) is 19.2 Å². The molecule has 4 heteroatoms. The van der Waals surface area contributed by atoms with Gasteiger partial charge in [0.15, 0.2) is 0 Å². The second kappa shape index (κ2) is 7.33. The lowest BCUT2D eigenvalue weighted by molar-refractivity contribution is 0.119. The van der Waals surface area contributed by atoms with Gasteiger partial charge in [0.05, 0.1) is 19.8 Å². The highest BCUT2D eigenvalue weighted by atomic mass is 16.5. The second-order valence-electron chi connectivity index (χ2n) is 6.75. The maximum absolute atomic E-state index is 5.34. The van der Waals surface area contributed by atoms with E-state index in [9.17, 15) is 0 Å². The van der Waals surface area contributed by atoms with E-state index in [0.29, 0.717) is 0 Å². The highest BCUT2D eigenvalue weighted by Gasteiger charge is 2.39. The molecule has 138 valence electrons. The van der Waals surface area contributed by atoms with Gasteiger partial charge in [-0.25, -0.2) is 5.01 Å². The second-order valence-corrected chi connectivity index (χ2v) is 6.75. The van der Waals surface area contributed by atoms with Crippen LogP contribution in [0.1, 0.15) is 17.5 Å². The van der Waals surface area contributed by atoms with E-state index < -0.39 is 0 Å². The Balaban J connectivity index is 1.71. The largest absolute Gasteiger partial charge is 0.497 e. The molecule has 1 N–H and O–H groups in total. The summed E-state index contributed by atoms with van der Waals surface area (Å²) in [5.74, 6) is 1.74. The molecule has 4 nitrogen and oxygen atoms in total. The standard InChI is InChI=1S/C23H24N2O2/c1-26-21-10-6-18(7-11-21)19-5-3-14-23(17-19,25-16-4-15-24-25)20-8-12-22(27-2)13-9-20/h3-15,24H,16-17H2,1-2H3. The molecule has 0 spiro atoms. The van der Waals surface area contributed by atoms with Gasteiger partial charge in [0.1, 0.15) is 11.5 Å². The van der Waals surface area contributed by atoms with Crippen LogP contribution in [-0.2, 0) is 5.54 Å². The first kappa shape index (κ1) is 17.4. The maximum atomic E-state index is 5.34. The van der Waals surface area contributed by atoms with Crippen LogP contribution in [0.5, 0.6) is 11.5 Å². The average molecular weight is 360 g/mol. The number of hydrazine groups is 1. The molecule has 0 saturated carbocycles. The average Bonchev–Trinajstić information content (AvgIpc) is 3.29. The van der Waals surface area contributed by atoms with E-state index in [4.69, 9.17) is 9.47 Å². The quantitative estimate of drug-likeness (QED) is 0.863. The van der Waals surface area contributed by atoms with Crippen molar-refractivity contribution in [2.24, 2.45) is 0 Å². The predicted octanol–water partition coefficient (Wildman–Crippen LogP) is 4.28. The van der Waals surface area contributed by atoms with Crippen LogP contribution in [0.4, 0.5) is 0 Å². The summed E-state index contributed by atoms with van der Waals surface area (Å²) in [5, 5.41) is 2.28. The Bertz CT molecular complexity index is 874. The number of rotatable bonds is 5. The molecular formula is C23H24N2O2. The van der Waals surface area contributed by atoms with Gasteiger partial charge in [-0.3, -0.25) is 0 Å². The van der Waals surface area contributed by atoms with Gasteiger partial charge in [0.2, 0.25) is 0 Å². The highest BCUT2D eigenvalue weighted by Crippen LogP contribution is 2.42. The van der Waals surface area contributed by atoms with Crippen molar-refractivity contribution in [1.82, 2.24) is 10.4 Å². The summed E-state index contributed by atoms with van der Waals surface area (Å²) in [6.45, 7) is 0.853. The molecular weight excluding hydrogens is 336 g/mol. The zero-order valence-electron chi connectivity index (χ0n) is 15.7. The zero-order valence-corrected chi connectivity index (χ0v) is 15.7. The van der Waals surface area contributed by atoms with Crippen LogP contribution in [0.15, 0.2) is 79.0 Å². The third-order valence-corrected chi connectivity index (χ3v) is 5.30. The molecule has 0 fully saturated rings. The smallest absolute Gasteiger partial charge is 0.118 e. The molecule has 1 atom stereocenters. The van der Waals surface area contributed by atoms with E-state index in [0.717, 1.165) is 24.5 Å². The summed E-state index contributed by atoms with van der Waals surface area (Å²) < 4.78 is 10.6. The maximum Gasteiger partial charge on any atom is 0.118 e. The van der Waals surface area contributed by atoms with Crippen molar-refractivity contribution in [2.45, 2.75) is 12.0 Å². The predicted molar refractivity (Wildman–Crippen MR) is 108 cm³/mol. The van der Waals surface area contributed by atoms with Gasteiger partial charge in [0.25, 0.3) is 0 Å². The van der Waals surface area contributed by atoms with Gasteiger partial charge in [-0.2, -0.15) is 0 Å². The Labute approximate surface area is 160 Å². The summed E-state index contributed by atoms with van der Waals surface area (Å²) >= 11 is 0. The summed E-state index contributed by atoms with van der Waals surface area (Å²) in [7, 11) is 3.39. The molecule has 0 bridgehead atoms. The molecule has 2 aromatic carbocycles. The fraction of sp³-hybridized carbons (Fsp3) is 0.217. The Morgan fingerprint density at radius 3 is 2.19 bits per heavy atom. The lowest BCUT2D eigenvalue weighted by Crippen LogP contribution is -2.49. The van der Waals surface area contributed by atoms with Crippen molar-refractivity contribution in [3.8, 4) is 11.5 Å². The Morgan fingerprint density at radius 2 is 1.59 bits per heavy atom. The Kier molecular flexibility index (Phi) is 4.73. The highest BCUT2D eigenvalue weighted by molar-refractivity contribution is 5.71. The van der Waals surface area contributed by atoms with Crippen LogP contribution in [0, 0.1) is 0 Å². The lowest BCUT2D eigenvalue weighted by atomic mass is 9.78. The third kappa shape index (κ3) is 3.24. The molecule has 0 amide bonds. The van der Waals surface area contributed by atoms with E-state index >= 15 is 0 Å². The molecule has 1 heterocycles. The van der Waals surface area contributed by atoms with Gasteiger partial charge in [-0.15, -0.1) is 0 Å². The molecule has 0 aromatic heterocycles. The van der Waals surface area contributed by atoms with Crippen molar-refractivity contribution in [1.29, 1.82) is 0 Å². The number of benzene rings is 2. The fourth-order valence-electron chi connectivity index (χ4n) is 3.79. The van der Waals surface area contributed by atoms with Crippen LogP contribution in [0.3, 0.4) is 0 Å². The number of allylic oxidation sites excluding steroid dienone is 2. The number of methoxy groups -OCH3 is 2. The van der Waals surface area contributed by atoms with E-state index in [1.54, 1.807) is 14.2 Å². The number of ether oxygens (including phenoxy) is 2. The van der Waals surface area contributed by atoms with Gasteiger partial charge < -0.3 is 14.9 Å². The zero-order chi connectivity index (χ0) is 18.7. The number of hydrogen-bond donors (Lipinski definition) is 1. The van der Waals surface area contributed by atoms with Crippen molar-refractivity contribution in [3.63, 3.8) is 0 Å². The summed E-state index contributed by atoms with van der Waals surface area (Å²) in [5.41, 5.74) is 6.88. The van der Waals surface area contributed by atoms with Crippen molar-refractivity contribution in [2.75, 3.05) is 20.8 Å². The van der Waals surface area contributed by atoms with Crippen molar-refractivity contribution < 1.29 is 9.47 Å². The monoisotopic (exact) mass is 360 g/mol. The third-order valence-electron chi connectivity index (χ3n) is 5.30. The van der Waals surface area contributed by atoms with E-state index in [2.05, 4.69) is 59.0 Å². The number of nitrogens with one attached hydrogen (secondary N) is 1. The van der Waals surface area contributed by atoms with E-state index in [1.807, 2.05) is 30.5 Å². The van der Waals surface area contributed by atoms with Gasteiger partial charge >= 0.3 is 0 Å². The molecule has 1 aliphatic heterocycles. The normalized spacial score (nSPS) is 21.6. The van der Waals surface area contributed by atoms with Crippen LogP contribution < -0.4 is 14.9 Å². The summed E-state index contributed by atoms with van der Waals surface area (Å²) in [6.07, 6.45) is 11.7. The van der Waals surface area contributed by atoms with Crippen LogP contribution in [0.25, 0.3) is 5.57 Å². The molecule has 2 aromatic rings. The van der Waals surface area contributed by atoms with Crippen LogP contribution in [-0.4, -0.2) is 25.8 Å². The molecule has 1 aliphatic carbocycles. The first-order valence-electron chi connectivity index (χ1n) is 9.11. The molecule has 4 rings (SSSR count). The van der Waals surface area contributed by atoms with E-state index in [-0.39, 0.29) is 5.54 Å². The van der Waals surface area contributed by atoms with Gasteiger partial charge in [-0.1, -0.05) is 48.6 Å². The summed E-state index contributed by atoms with van der Waals surface area (Å²) in [6, 6.07) is 16.6. The molecule has 2 aliphatic rings. The SMILES string of the molecule is COc1ccc(C2=CC=CC(c3ccc(OC)cc3)(N3CC=CN3)C2)cc1. The van der Waals surface area contributed by atoms with E-state index in [1.165, 1.54) is 16.7 Å². The number of nitrogens with zero attached hydrogens (tertiary/aromatic N) is 1. The van der Waals surface area contributed by atoms with Crippen molar-refractivity contribution in [3.05, 3.63) is 90.2 Å². The topological polar surface area (TPSA) is 33.7 Å². The van der Waals surface area contributed by atoms with Crippen LogP contribution >= 0.6 is 0 Å². The molecule has 27 heavy (non-hydrogen) atoms. The minimum absolute atomic E-state index is 0.264. The molecule has 0 saturated heterocycles. The van der Waals surface area contributed by atoms with Crippen LogP contribution in [0.2, 0.25) is 0 Å². The minimum atomic E-state index is -0.264. The fourth-order valence-corrected chi connectivity index (χ4v) is 3.79. The first-order chi connectivity index (χ1) is 13.2. The Morgan fingerprint density at radius 1 is 0.926 bits per heavy atom. The lowest BCUT2D eigenvalue weighted by Gasteiger charge is -2.42. The van der Waals surface area contributed by atoms with Gasteiger partial charge in [-0.05, 0) is 41.0 Å². The summed E-state index contributed by atoms with van der Waals surface area (Å²) in [4.78, 5) is 0. The Hall–Kier alpha value is -2.98.